The molecule has 2 nitrogen and oxygen atoms in total. The fourth-order valence-corrected chi connectivity index (χ4v) is 1.75. The monoisotopic (exact) mass is 198 g/mol. The van der Waals surface area contributed by atoms with E-state index in [1.165, 1.54) is 0 Å². The molecule has 0 aromatic heterocycles. The molecule has 0 bridgehead atoms. The van der Waals surface area contributed by atoms with Crippen molar-refractivity contribution in [2.24, 2.45) is 0 Å². The molecule has 1 fully saturated rings. The Bertz CT molecular complexity index is 286. The van der Waals surface area contributed by atoms with Gasteiger partial charge in [0.1, 0.15) is 0 Å². The lowest BCUT2D eigenvalue weighted by molar-refractivity contribution is -0.0441. The molecule has 2 rings (SSSR count). The van der Waals surface area contributed by atoms with Crippen molar-refractivity contribution in [1.82, 2.24) is 0 Å². The summed E-state index contributed by atoms with van der Waals surface area (Å²) in [5.74, 6) is 0. The van der Waals surface area contributed by atoms with Crippen molar-refractivity contribution in [3.63, 3.8) is 0 Å². The van der Waals surface area contributed by atoms with E-state index in [2.05, 4.69) is 0 Å². The zero-order valence-electron chi connectivity index (χ0n) is 7.42. The molecule has 0 saturated carbocycles. The van der Waals surface area contributed by atoms with E-state index in [4.69, 9.17) is 21.1 Å². The van der Waals surface area contributed by atoms with Crippen LogP contribution in [0.15, 0.2) is 18.2 Å². The van der Waals surface area contributed by atoms with Gasteiger partial charge in [-0.15, -0.1) is 0 Å². The van der Waals surface area contributed by atoms with Crippen LogP contribution in [0.1, 0.15) is 17.4 Å². The third-order valence-corrected chi connectivity index (χ3v) is 2.18. The lowest BCUT2D eigenvalue weighted by Crippen LogP contribution is -1.98. The molecule has 13 heavy (non-hydrogen) atoms. The number of hydrogen-bond acceptors (Lipinski definition) is 2. The van der Waals surface area contributed by atoms with Crippen LogP contribution in [0.3, 0.4) is 0 Å². The molecule has 70 valence electrons. The molecule has 3 heteroatoms. The number of benzene rings is 1. The van der Waals surface area contributed by atoms with Crippen LogP contribution in [0.2, 0.25) is 5.02 Å². The summed E-state index contributed by atoms with van der Waals surface area (Å²) >= 11 is 5.92. The van der Waals surface area contributed by atoms with Crippen LogP contribution in [-0.2, 0) is 9.47 Å². The van der Waals surface area contributed by atoms with Crippen LogP contribution >= 0.6 is 11.6 Å². The first-order chi connectivity index (χ1) is 6.25. The Kier molecular flexibility index (Phi) is 2.54. The van der Waals surface area contributed by atoms with Crippen molar-refractivity contribution >= 4 is 11.6 Å². The van der Waals surface area contributed by atoms with Gasteiger partial charge in [0.15, 0.2) is 6.29 Å². The van der Waals surface area contributed by atoms with Crippen molar-refractivity contribution in [2.75, 3.05) is 13.2 Å². The van der Waals surface area contributed by atoms with E-state index >= 15 is 0 Å². The topological polar surface area (TPSA) is 18.5 Å². The Labute approximate surface area is 82.4 Å². The van der Waals surface area contributed by atoms with Gasteiger partial charge in [-0.2, -0.15) is 0 Å². The molecule has 0 amide bonds. The quantitative estimate of drug-likeness (QED) is 0.691. The SMILES string of the molecule is Cc1cc(Cl)cc(C2OCCO2)c1. The Morgan fingerprint density at radius 2 is 1.92 bits per heavy atom. The molecule has 1 saturated heterocycles. The minimum atomic E-state index is -0.225. The molecule has 0 radical (unpaired) electrons. The van der Waals surface area contributed by atoms with Gasteiger partial charge in [-0.3, -0.25) is 0 Å². The summed E-state index contributed by atoms with van der Waals surface area (Å²) in [5, 5.41) is 0.731. The van der Waals surface area contributed by atoms with E-state index in [9.17, 15) is 0 Å². The van der Waals surface area contributed by atoms with E-state index in [0.717, 1.165) is 16.1 Å². The van der Waals surface area contributed by atoms with Crippen LogP contribution in [0, 0.1) is 6.92 Å². The number of ether oxygens (including phenoxy) is 2. The number of hydrogen-bond donors (Lipinski definition) is 0. The van der Waals surface area contributed by atoms with Crippen molar-refractivity contribution in [2.45, 2.75) is 13.2 Å². The Morgan fingerprint density at radius 1 is 1.23 bits per heavy atom. The molecule has 0 aliphatic carbocycles. The minimum Gasteiger partial charge on any atom is -0.346 e. The standard InChI is InChI=1S/C10H11ClO2/c1-7-4-8(6-9(11)5-7)10-12-2-3-13-10/h4-6,10H,2-3H2,1H3. The van der Waals surface area contributed by atoms with Crippen LogP contribution in [0.4, 0.5) is 0 Å². The summed E-state index contributed by atoms with van der Waals surface area (Å²) in [4.78, 5) is 0. The lowest BCUT2D eigenvalue weighted by atomic mass is 10.1. The van der Waals surface area contributed by atoms with Gasteiger partial charge >= 0.3 is 0 Å². The highest BCUT2D eigenvalue weighted by molar-refractivity contribution is 6.30. The molecule has 0 N–H and O–H groups in total. The average molecular weight is 199 g/mol. The molecule has 1 aromatic carbocycles. The van der Waals surface area contributed by atoms with Gasteiger partial charge in [0.25, 0.3) is 0 Å². The molecule has 0 unspecified atom stereocenters. The van der Waals surface area contributed by atoms with Crippen molar-refractivity contribution in [3.05, 3.63) is 34.3 Å². The summed E-state index contributed by atoms with van der Waals surface area (Å²) < 4.78 is 10.7. The molecule has 0 atom stereocenters. The largest absolute Gasteiger partial charge is 0.346 e. The second-order valence-corrected chi connectivity index (χ2v) is 3.57. The molecular formula is C10H11ClO2. The van der Waals surface area contributed by atoms with E-state index in [1.54, 1.807) is 0 Å². The molecule has 1 aromatic rings. The maximum absolute atomic E-state index is 5.92. The van der Waals surface area contributed by atoms with E-state index < -0.39 is 0 Å². The highest BCUT2D eigenvalue weighted by Gasteiger charge is 2.18. The van der Waals surface area contributed by atoms with Gasteiger partial charge in [0.2, 0.25) is 0 Å². The predicted molar refractivity (Wildman–Crippen MR) is 50.8 cm³/mol. The van der Waals surface area contributed by atoms with Crippen LogP contribution < -0.4 is 0 Å². The summed E-state index contributed by atoms with van der Waals surface area (Å²) in [6.45, 7) is 3.33. The number of halogens is 1. The van der Waals surface area contributed by atoms with Gasteiger partial charge in [-0.25, -0.2) is 0 Å². The van der Waals surface area contributed by atoms with E-state index in [-0.39, 0.29) is 6.29 Å². The van der Waals surface area contributed by atoms with Crippen LogP contribution in [0.5, 0.6) is 0 Å². The Balaban J connectivity index is 2.28. The van der Waals surface area contributed by atoms with Gasteiger partial charge in [-0.05, 0) is 24.6 Å². The molecular weight excluding hydrogens is 188 g/mol. The fraction of sp³-hybridized carbons (Fsp3) is 0.400. The van der Waals surface area contributed by atoms with E-state index in [1.807, 2.05) is 25.1 Å². The van der Waals surface area contributed by atoms with Crippen LogP contribution in [-0.4, -0.2) is 13.2 Å². The number of aryl methyl sites for hydroxylation is 1. The maximum Gasteiger partial charge on any atom is 0.184 e. The Hall–Kier alpha value is -0.570. The molecule has 0 spiro atoms. The summed E-state index contributed by atoms with van der Waals surface area (Å²) in [6.07, 6.45) is -0.225. The van der Waals surface area contributed by atoms with Crippen LogP contribution in [0.25, 0.3) is 0 Å². The first kappa shape index (κ1) is 9.00. The fourth-order valence-electron chi connectivity index (χ4n) is 1.45. The lowest BCUT2D eigenvalue weighted by Gasteiger charge is -2.10. The maximum atomic E-state index is 5.92. The highest BCUT2D eigenvalue weighted by Crippen LogP contribution is 2.26. The summed E-state index contributed by atoms with van der Waals surface area (Å²) in [5.41, 5.74) is 2.13. The first-order valence-corrected chi connectivity index (χ1v) is 4.64. The van der Waals surface area contributed by atoms with Gasteiger partial charge in [-0.1, -0.05) is 17.7 Å². The van der Waals surface area contributed by atoms with Crippen molar-refractivity contribution < 1.29 is 9.47 Å². The highest BCUT2D eigenvalue weighted by atomic mass is 35.5. The Morgan fingerprint density at radius 3 is 2.54 bits per heavy atom. The number of rotatable bonds is 1. The smallest absolute Gasteiger partial charge is 0.184 e. The predicted octanol–water partition coefficient (Wildman–Crippen LogP) is 2.69. The van der Waals surface area contributed by atoms with E-state index in [0.29, 0.717) is 13.2 Å². The molecule has 1 aliphatic rings. The van der Waals surface area contributed by atoms with Crippen molar-refractivity contribution in [3.8, 4) is 0 Å². The van der Waals surface area contributed by atoms with Gasteiger partial charge in [0.05, 0.1) is 13.2 Å². The minimum absolute atomic E-state index is 0.225. The van der Waals surface area contributed by atoms with Gasteiger partial charge in [0, 0.05) is 10.6 Å². The average Bonchev–Trinajstić information content (AvgIpc) is 2.53. The normalized spacial score (nSPS) is 18.0. The summed E-state index contributed by atoms with van der Waals surface area (Å²) in [7, 11) is 0. The van der Waals surface area contributed by atoms with Crippen molar-refractivity contribution in [1.29, 1.82) is 0 Å². The third kappa shape index (κ3) is 2.02. The molecule has 1 heterocycles. The first-order valence-electron chi connectivity index (χ1n) is 4.26. The third-order valence-electron chi connectivity index (χ3n) is 1.96. The second kappa shape index (κ2) is 3.66. The summed E-state index contributed by atoms with van der Waals surface area (Å²) in [6, 6.07) is 5.83. The van der Waals surface area contributed by atoms with Gasteiger partial charge < -0.3 is 9.47 Å². The zero-order chi connectivity index (χ0) is 9.26. The molecule has 1 aliphatic heterocycles. The zero-order valence-corrected chi connectivity index (χ0v) is 8.17. The second-order valence-electron chi connectivity index (χ2n) is 3.14.